The van der Waals surface area contributed by atoms with Crippen LogP contribution in [0, 0.1) is 0 Å². The molecule has 0 aromatic carbocycles. The van der Waals surface area contributed by atoms with Gasteiger partial charge in [-0.3, -0.25) is 14.6 Å². The molecule has 0 aliphatic carbocycles. The van der Waals surface area contributed by atoms with Gasteiger partial charge in [-0.05, 0) is 0 Å². The number of carbonyl (C=O) groups excluding carboxylic acids is 1. The lowest BCUT2D eigenvalue weighted by Crippen LogP contribution is -2.26. The Kier molecular flexibility index (Phi) is 2.71. The molecule has 0 radical (unpaired) electrons. The van der Waals surface area contributed by atoms with Crippen molar-refractivity contribution in [3.05, 3.63) is 32.6 Å². The minimum absolute atomic E-state index is 0.0281. The van der Waals surface area contributed by atoms with E-state index in [1.807, 2.05) is 4.98 Å². The Bertz CT molecular complexity index is 517. The van der Waals surface area contributed by atoms with E-state index in [0.717, 1.165) is 0 Å². The Balaban J connectivity index is 2.30. The van der Waals surface area contributed by atoms with E-state index in [9.17, 15) is 14.4 Å². The van der Waals surface area contributed by atoms with E-state index >= 15 is 0 Å². The van der Waals surface area contributed by atoms with Gasteiger partial charge in [0.25, 0.3) is 5.56 Å². The number of aromatic amines is 2. The second-order valence-electron chi connectivity index (χ2n) is 3.49. The van der Waals surface area contributed by atoms with Crippen LogP contribution in [0.3, 0.4) is 0 Å². The molecule has 2 heterocycles. The van der Waals surface area contributed by atoms with Crippen molar-refractivity contribution in [2.45, 2.75) is 18.6 Å². The highest BCUT2D eigenvalue weighted by atomic mass is 16.5. The van der Waals surface area contributed by atoms with Crippen LogP contribution in [-0.4, -0.2) is 33.6 Å². The van der Waals surface area contributed by atoms with Crippen LogP contribution in [-0.2, 0) is 9.53 Å². The predicted molar refractivity (Wildman–Crippen MR) is 52.0 cm³/mol. The average Bonchev–Trinajstić information content (AvgIpc) is 2.59. The Hall–Kier alpha value is -1.73. The van der Waals surface area contributed by atoms with Crippen LogP contribution in [0.2, 0.25) is 0 Å². The number of carbonyl (C=O) groups is 1. The van der Waals surface area contributed by atoms with Gasteiger partial charge >= 0.3 is 5.69 Å². The molecular weight excluding hydrogens is 216 g/mol. The molecule has 0 saturated carbocycles. The molecule has 1 aromatic heterocycles. The monoisotopic (exact) mass is 226 g/mol. The van der Waals surface area contributed by atoms with Crippen molar-refractivity contribution in [1.29, 1.82) is 0 Å². The maximum Gasteiger partial charge on any atom is 0.325 e. The van der Waals surface area contributed by atoms with Gasteiger partial charge in [0.05, 0.1) is 18.3 Å². The van der Waals surface area contributed by atoms with Crippen LogP contribution in [0.15, 0.2) is 15.8 Å². The van der Waals surface area contributed by atoms with E-state index in [1.165, 1.54) is 6.20 Å². The van der Waals surface area contributed by atoms with Crippen LogP contribution in [0.25, 0.3) is 0 Å². The summed E-state index contributed by atoms with van der Waals surface area (Å²) in [5, 5.41) is 8.82. The molecule has 0 bridgehead atoms. The van der Waals surface area contributed by atoms with Gasteiger partial charge in [0.1, 0.15) is 6.10 Å². The number of nitrogens with one attached hydrogen (secondary N) is 2. The molecule has 7 heteroatoms. The molecule has 86 valence electrons. The lowest BCUT2D eigenvalue weighted by molar-refractivity contribution is -0.124. The smallest absolute Gasteiger partial charge is 0.325 e. The van der Waals surface area contributed by atoms with E-state index in [2.05, 4.69) is 4.98 Å². The zero-order valence-electron chi connectivity index (χ0n) is 8.23. The predicted octanol–water partition coefficient (Wildman–Crippen LogP) is -1.55. The summed E-state index contributed by atoms with van der Waals surface area (Å²) >= 11 is 0. The number of hydrogen-bond donors (Lipinski definition) is 3. The van der Waals surface area contributed by atoms with Gasteiger partial charge in [0.2, 0.25) is 0 Å². The Morgan fingerprint density at radius 2 is 2.19 bits per heavy atom. The molecule has 1 fully saturated rings. The number of aliphatic hydroxyl groups excluding tert-OH is 1. The molecule has 1 aromatic rings. The van der Waals surface area contributed by atoms with Gasteiger partial charge in [0.15, 0.2) is 5.78 Å². The topological polar surface area (TPSA) is 112 Å². The Labute approximate surface area is 89.1 Å². The minimum Gasteiger partial charge on any atom is -0.393 e. The summed E-state index contributed by atoms with van der Waals surface area (Å²) in [4.78, 5) is 37.8. The summed E-state index contributed by atoms with van der Waals surface area (Å²) in [6.07, 6.45) is -0.333. The third-order valence-electron chi connectivity index (χ3n) is 2.43. The molecule has 1 aliphatic rings. The maximum absolute atomic E-state index is 11.4. The molecule has 0 amide bonds. The van der Waals surface area contributed by atoms with Crippen molar-refractivity contribution in [1.82, 2.24) is 9.97 Å². The number of hydrogen-bond acceptors (Lipinski definition) is 5. The second kappa shape index (κ2) is 4.03. The average molecular weight is 226 g/mol. The first kappa shape index (κ1) is 10.8. The molecule has 0 unspecified atom stereocenters. The SMILES string of the molecule is O=C1C[C@H](c2c[nH]c(=O)[nH]c2=O)O[C@@H]1CO. The van der Waals surface area contributed by atoms with Crippen LogP contribution < -0.4 is 11.2 Å². The molecule has 2 rings (SSSR count). The van der Waals surface area contributed by atoms with Crippen LogP contribution in [0.5, 0.6) is 0 Å². The van der Waals surface area contributed by atoms with Crippen molar-refractivity contribution in [2.75, 3.05) is 6.61 Å². The molecule has 1 saturated heterocycles. The number of rotatable bonds is 2. The fraction of sp³-hybridized carbons (Fsp3) is 0.444. The van der Waals surface area contributed by atoms with Crippen molar-refractivity contribution in [3.8, 4) is 0 Å². The quantitative estimate of drug-likeness (QED) is 0.565. The number of ketones is 1. The van der Waals surface area contributed by atoms with Crippen LogP contribution >= 0.6 is 0 Å². The first-order valence-electron chi connectivity index (χ1n) is 4.72. The van der Waals surface area contributed by atoms with Gasteiger partial charge in [-0.25, -0.2) is 4.79 Å². The molecule has 1 aliphatic heterocycles. The Morgan fingerprint density at radius 3 is 2.75 bits per heavy atom. The maximum atomic E-state index is 11.4. The van der Waals surface area contributed by atoms with Crippen molar-refractivity contribution in [3.63, 3.8) is 0 Å². The molecule has 3 N–H and O–H groups in total. The van der Waals surface area contributed by atoms with Crippen molar-refractivity contribution in [2.24, 2.45) is 0 Å². The number of H-pyrrole nitrogens is 2. The fourth-order valence-corrected chi connectivity index (χ4v) is 1.62. The minimum atomic E-state index is -0.878. The van der Waals surface area contributed by atoms with E-state index in [1.54, 1.807) is 0 Å². The summed E-state index contributed by atoms with van der Waals surface area (Å²) < 4.78 is 5.19. The summed E-state index contributed by atoms with van der Waals surface area (Å²) in [5.41, 5.74) is -1.01. The van der Waals surface area contributed by atoms with E-state index < -0.39 is 30.1 Å². The fourth-order valence-electron chi connectivity index (χ4n) is 1.62. The van der Waals surface area contributed by atoms with Gasteiger partial charge in [-0.1, -0.05) is 0 Å². The highest BCUT2D eigenvalue weighted by molar-refractivity contribution is 5.85. The van der Waals surface area contributed by atoms with Gasteiger partial charge in [-0.2, -0.15) is 0 Å². The molecule has 7 nitrogen and oxygen atoms in total. The van der Waals surface area contributed by atoms with Crippen LogP contribution in [0.1, 0.15) is 18.1 Å². The van der Waals surface area contributed by atoms with E-state index in [4.69, 9.17) is 9.84 Å². The Morgan fingerprint density at radius 1 is 1.44 bits per heavy atom. The lowest BCUT2D eigenvalue weighted by atomic mass is 10.1. The van der Waals surface area contributed by atoms with Gasteiger partial charge in [-0.15, -0.1) is 0 Å². The van der Waals surface area contributed by atoms with Gasteiger partial charge in [0, 0.05) is 12.6 Å². The summed E-state index contributed by atoms with van der Waals surface area (Å²) in [6.45, 7) is -0.406. The third-order valence-corrected chi connectivity index (χ3v) is 2.43. The standard InChI is InChI=1S/C9H10N2O5/c12-3-7-5(13)1-6(16-7)4-2-10-9(15)11-8(4)14/h2,6-7,12H,1,3H2,(H2,10,11,14,15)/t6-,7-/m1/s1. The lowest BCUT2D eigenvalue weighted by Gasteiger charge is -2.09. The van der Waals surface area contributed by atoms with Gasteiger partial charge < -0.3 is 14.8 Å². The van der Waals surface area contributed by atoms with Crippen LogP contribution in [0.4, 0.5) is 0 Å². The molecule has 0 spiro atoms. The van der Waals surface area contributed by atoms with Crippen molar-refractivity contribution < 1.29 is 14.6 Å². The first-order valence-corrected chi connectivity index (χ1v) is 4.72. The van der Waals surface area contributed by atoms with E-state index in [-0.39, 0.29) is 17.8 Å². The zero-order chi connectivity index (χ0) is 11.7. The summed E-state index contributed by atoms with van der Waals surface area (Å²) in [7, 11) is 0. The highest BCUT2D eigenvalue weighted by Crippen LogP contribution is 2.27. The van der Waals surface area contributed by atoms with Crippen molar-refractivity contribution >= 4 is 5.78 Å². The third kappa shape index (κ3) is 1.82. The zero-order valence-corrected chi connectivity index (χ0v) is 8.23. The first-order chi connectivity index (χ1) is 7.61. The summed E-state index contributed by atoms with van der Waals surface area (Å²) in [5.74, 6) is -0.252. The second-order valence-corrected chi connectivity index (χ2v) is 3.49. The normalized spacial score (nSPS) is 24.9. The number of Topliss-reactive ketones (excluding diaryl/α,β-unsaturated/α-hetero) is 1. The van der Waals surface area contributed by atoms with E-state index in [0.29, 0.717) is 0 Å². The largest absolute Gasteiger partial charge is 0.393 e. The summed E-state index contributed by atoms with van der Waals surface area (Å²) in [6, 6.07) is 0. The number of aliphatic hydroxyl groups is 1. The number of aromatic nitrogens is 2. The number of ether oxygens (including phenoxy) is 1. The molecular formula is C9H10N2O5. The molecule has 2 atom stereocenters. The highest BCUT2D eigenvalue weighted by Gasteiger charge is 2.35. The molecule has 16 heavy (non-hydrogen) atoms.